The van der Waals surface area contributed by atoms with Crippen LogP contribution < -0.4 is 0 Å². The normalized spacial score (nSPS) is 14.7. The fraction of sp³-hybridized carbons (Fsp3) is 0.267. The summed E-state index contributed by atoms with van der Waals surface area (Å²) in [5.41, 5.74) is -0.810. The maximum absolute atomic E-state index is 12.2. The number of aromatic carboxylic acids is 1. The number of carboxylic acids is 1. The van der Waals surface area contributed by atoms with Gasteiger partial charge in [0.15, 0.2) is 0 Å². The lowest BCUT2D eigenvalue weighted by atomic mass is 9.80. The van der Waals surface area contributed by atoms with E-state index in [4.69, 9.17) is 0 Å². The minimum atomic E-state index is -1.53. The van der Waals surface area contributed by atoms with Gasteiger partial charge in [-0.1, -0.05) is 13.8 Å². The average Bonchev–Trinajstić information content (AvgIpc) is 2.40. The van der Waals surface area contributed by atoms with Gasteiger partial charge in [-0.15, -0.1) is 0 Å². The maximum atomic E-state index is 12.2. The van der Waals surface area contributed by atoms with Gasteiger partial charge in [-0.25, -0.2) is 4.79 Å². The number of carbonyl (C=O) groups is 3. The van der Waals surface area contributed by atoms with Crippen LogP contribution in [0.3, 0.4) is 0 Å². The number of fused-ring (bicyclic) bond motifs is 1. The number of ketones is 2. The van der Waals surface area contributed by atoms with E-state index < -0.39 is 40.2 Å². The van der Waals surface area contributed by atoms with Crippen molar-refractivity contribution in [1.29, 1.82) is 0 Å². The quantitative estimate of drug-likeness (QED) is 0.720. The van der Waals surface area contributed by atoms with E-state index in [1.807, 2.05) is 0 Å². The largest absolute Gasteiger partial charge is 0.507 e. The molecule has 0 unspecified atom stereocenters. The number of allylic oxidation sites excluding steroid dienone is 1. The molecule has 1 aromatic rings. The molecule has 1 aromatic carbocycles. The van der Waals surface area contributed by atoms with Crippen molar-refractivity contribution in [2.75, 3.05) is 0 Å². The number of aliphatic hydroxyl groups is 1. The second-order valence-corrected chi connectivity index (χ2v) is 5.20. The van der Waals surface area contributed by atoms with E-state index in [0.717, 1.165) is 0 Å². The predicted molar refractivity (Wildman–Crippen MR) is 73.7 cm³/mol. The summed E-state index contributed by atoms with van der Waals surface area (Å²) < 4.78 is 0. The van der Waals surface area contributed by atoms with E-state index in [1.165, 1.54) is 13.0 Å². The number of rotatable bonds is 2. The Bertz CT molecular complexity index is 724. The molecule has 0 bridgehead atoms. The van der Waals surface area contributed by atoms with Gasteiger partial charge in [0.2, 0.25) is 11.6 Å². The van der Waals surface area contributed by atoms with Gasteiger partial charge in [0, 0.05) is 11.1 Å². The van der Waals surface area contributed by atoms with Crippen LogP contribution in [0.25, 0.3) is 5.76 Å². The first-order valence-electron chi connectivity index (χ1n) is 6.30. The molecule has 110 valence electrons. The van der Waals surface area contributed by atoms with Gasteiger partial charge in [-0.05, 0) is 24.5 Å². The standard InChI is InChI=1S/C15H14O6/c1-5(2)7-4-8(16)10(15(20)21)11-9(7)12(17)6(3)13(18)14(11)19/h4-5,16-17H,1-3H3,(H,20,21). The number of Topliss-reactive ketones (excluding diaryl/α,β-unsaturated/α-hetero) is 2. The smallest absolute Gasteiger partial charge is 0.340 e. The van der Waals surface area contributed by atoms with Crippen LogP contribution in [0.4, 0.5) is 0 Å². The molecule has 6 heteroatoms. The Kier molecular flexibility index (Phi) is 3.33. The summed E-state index contributed by atoms with van der Waals surface area (Å²) in [7, 11) is 0. The fourth-order valence-corrected chi connectivity index (χ4v) is 2.42. The van der Waals surface area contributed by atoms with Gasteiger partial charge in [0.05, 0.1) is 5.56 Å². The molecule has 0 fully saturated rings. The molecule has 0 saturated heterocycles. The zero-order valence-corrected chi connectivity index (χ0v) is 11.7. The molecule has 6 nitrogen and oxygen atoms in total. The van der Waals surface area contributed by atoms with Crippen molar-refractivity contribution < 1.29 is 29.7 Å². The van der Waals surface area contributed by atoms with Crippen LogP contribution in [0, 0.1) is 0 Å². The number of benzene rings is 1. The molecule has 0 atom stereocenters. The van der Waals surface area contributed by atoms with Crippen LogP contribution in [0.2, 0.25) is 0 Å². The molecule has 0 aliphatic heterocycles. The summed E-state index contributed by atoms with van der Waals surface area (Å²) in [5.74, 6) is -4.74. The van der Waals surface area contributed by atoms with E-state index >= 15 is 0 Å². The molecule has 0 radical (unpaired) electrons. The Balaban J connectivity index is 3.03. The van der Waals surface area contributed by atoms with E-state index in [2.05, 4.69) is 0 Å². The summed E-state index contributed by atoms with van der Waals surface area (Å²) in [6, 6.07) is 1.21. The second-order valence-electron chi connectivity index (χ2n) is 5.20. The fourth-order valence-electron chi connectivity index (χ4n) is 2.42. The third-order valence-corrected chi connectivity index (χ3v) is 3.54. The Morgan fingerprint density at radius 1 is 1.10 bits per heavy atom. The van der Waals surface area contributed by atoms with E-state index in [-0.39, 0.29) is 17.1 Å². The molecule has 0 aromatic heterocycles. The third-order valence-electron chi connectivity index (χ3n) is 3.54. The van der Waals surface area contributed by atoms with Crippen molar-refractivity contribution in [2.45, 2.75) is 26.7 Å². The highest BCUT2D eigenvalue weighted by atomic mass is 16.4. The minimum Gasteiger partial charge on any atom is -0.507 e. The summed E-state index contributed by atoms with van der Waals surface area (Å²) in [6.07, 6.45) is 0. The van der Waals surface area contributed by atoms with E-state index in [0.29, 0.717) is 5.56 Å². The molecule has 1 aliphatic rings. The van der Waals surface area contributed by atoms with Gasteiger partial charge in [-0.3, -0.25) is 9.59 Å². The molecule has 2 rings (SSSR count). The highest BCUT2D eigenvalue weighted by molar-refractivity contribution is 6.53. The van der Waals surface area contributed by atoms with Crippen molar-refractivity contribution in [3.63, 3.8) is 0 Å². The molecule has 3 N–H and O–H groups in total. The maximum Gasteiger partial charge on any atom is 0.340 e. The van der Waals surface area contributed by atoms with Crippen molar-refractivity contribution in [3.8, 4) is 5.75 Å². The van der Waals surface area contributed by atoms with Crippen LogP contribution in [-0.2, 0) is 4.79 Å². The topological polar surface area (TPSA) is 112 Å². The highest BCUT2D eigenvalue weighted by Crippen LogP contribution is 2.39. The number of aliphatic hydroxyl groups excluding tert-OH is 1. The first kappa shape index (κ1) is 14.8. The lowest BCUT2D eigenvalue weighted by Crippen LogP contribution is -2.27. The van der Waals surface area contributed by atoms with Crippen LogP contribution in [0.15, 0.2) is 11.6 Å². The lowest BCUT2D eigenvalue weighted by molar-refractivity contribution is -0.111. The summed E-state index contributed by atoms with van der Waals surface area (Å²) in [4.78, 5) is 35.3. The zero-order chi connectivity index (χ0) is 16.1. The first-order chi connectivity index (χ1) is 9.68. The summed E-state index contributed by atoms with van der Waals surface area (Å²) >= 11 is 0. The first-order valence-corrected chi connectivity index (χ1v) is 6.30. The molecular formula is C15H14O6. The predicted octanol–water partition coefficient (Wildman–Crippen LogP) is 2.27. The molecule has 0 amide bonds. The Labute approximate surface area is 120 Å². The number of hydrogen-bond acceptors (Lipinski definition) is 5. The van der Waals surface area contributed by atoms with Crippen LogP contribution in [-0.4, -0.2) is 32.9 Å². The zero-order valence-electron chi connectivity index (χ0n) is 11.7. The molecule has 0 spiro atoms. The molecule has 0 heterocycles. The number of phenols is 1. The Hall–Kier alpha value is -2.63. The summed E-state index contributed by atoms with van der Waals surface area (Å²) in [5, 5.41) is 29.2. The van der Waals surface area contributed by atoms with E-state index in [9.17, 15) is 29.7 Å². The van der Waals surface area contributed by atoms with Crippen LogP contribution >= 0.6 is 0 Å². The SMILES string of the molecule is CC1=C(O)c2c(C(C)C)cc(O)c(C(=O)O)c2C(=O)C1=O. The van der Waals surface area contributed by atoms with Crippen LogP contribution in [0.5, 0.6) is 5.75 Å². The number of hydrogen-bond donors (Lipinski definition) is 3. The highest BCUT2D eigenvalue weighted by Gasteiger charge is 2.38. The monoisotopic (exact) mass is 290 g/mol. The van der Waals surface area contributed by atoms with Gasteiger partial charge >= 0.3 is 5.97 Å². The van der Waals surface area contributed by atoms with Crippen molar-refractivity contribution >= 4 is 23.3 Å². The van der Waals surface area contributed by atoms with Crippen molar-refractivity contribution in [2.24, 2.45) is 0 Å². The third kappa shape index (κ3) is 1.99. The second kappa shape index (κ2) is 4.73. The lowest BCUT2D eigenvalue weighted by Gasteiger charge is -2.23. The van der Waals surface area contributed by atoms with Gasteiger partial charge in [0.1, 0.15) is 17.1 Å². The minimum absolute atomic E-state index is 0.0160. The van der Waals surface area contributed by atoms with Gasteiger partial charge in [-0.2, -0.15) is 0 Å². The van der Waals surface area contributed by atoms with Crippen LogP contribution in [0.1, 0.15) is 58.5 Å². The van der Waals surface area contributed by atoms with Crippen molar-refractivity contribution in [3.05, 3.63) is 33.9 Å². The van der Waals surface area contributed by atoms with Crippen molar-refractivity contribution in [1.82, 2.24) is 0 Å². The number of carbonyl (C=O) groups excluding carboxylic acids is 2. The molecule has 0 saturated carbocycles. The van der Waals surface area contributed by atoms with Gasteiger partial charge < -0.3 is 15.3 Å². The number of carboxylic acid groups (broad SMARTS) is 1. The summed E-state index contributed by atoms with van der Waals surface area (Å²) in [6.45, 7) is 4.83. The van der Waals surface area contributed by atoms with Gasteiger partial charge in [0.25, 0.3) is 0 Å². The average molecular weight is 290 g/mol. The molecule has 1 aliphatic carbocycles. The molecule has 21 heavy (non-hydrogen) atoms. The number of aromatic hydroxyl groups is 1. The van der Waals surface area contributed by atoms with E-state index in [1.54, 1.807) is 13.8 Å². The molecular weight excluding hydrogens is 276 g/mol. The Morgan fingerprint density at radius 2 is 1.67 bits per heavy atom. The Morgan fingerprint density at radius 3 is 2.14 bits per heavy atom.